The summed E-state index contributed by atoms with van der Waals surface area (Å²) in [7, 11) is 0. The average Bonchev–Trinajstić information content (AvgIpc) is 2.88. The van der Waals surface area contributed by atoms with Gasteiger partial charge in [0.1, 0.15) is 6.10 Å². The third kappa shape index (κ3) is 11.5. The molecule has 0 aromatic carbocycles. The molecule has 0 radical (unpaired) electrons. The number of amides is 2. The molecule has 2 amide bonds. The van der Waals surface area contributed by atoms with Crippen LogP contribution in [0.2, 0.25) is 0 Å². The van der Waals surface area contributed by atoms with Crippen LogP contribution in [0.15, 0.2) is 11.6 Å². The molecule has 0 bridgehead atoms. The summed E-state index contributed by atoms with van der Waals surface area (Å²) in [4.78, 5) is 38.3. The molecule has 1 saturated carbocycles. The van der Waals surface area contributed by atoms with E-state index in [0.717, 1.165) is 37.7 Å². The molecule has 1 heterocycles. The molecule has 4 atom stereocenters. The Morgan fingerprint density at radius 1 is 0.975 bits per heavy atom. The second-order valence-electron chi connectivity index (χ2n) is 13.1. The standard InChI is InChI=1S/C32H56N2O6/c1-7-8-9-10-11-12-13-14-17-23(2)20-27(35)34-26-19-16-15-18-24(26)25(30(37)38)21-33-29(36)28-31(3,4)22-39-32(5,6)40-28/h20,24-26,28H,7-19,21-22H2,1-6H3,(H,33,36)(H,34,35)(H,37,38)/t24-,25?,26-,28?/m0/s1. The molecule has 0 aromatic heterocycles. The van der Waals surface area contributed by atoms with Crippen LogP contribution in [-0.4, -0.2) is 54.0 Å². The summed E-state index contributed by atoms with van der Waals surface area (Å²) in [6, 6.07) is -0.235. The lowest BCUT2D eigenvalue weighted by atomic mass is 9.76. The van der Waals surface area contributed by atoms with Crippen molar-refractivity contribution < 1.29 is 29.0 Å². The van der Waals surface area contributed by atoms with Gasteiger partial charge < -0.3 is 25.2 Å². The third-order valence-electron chi connectivity index (χ3n) is 8.42. The molecule has 1 aliphatic heterocycles. The number of hydrogen-bond acceptors (Lipinski definition) is 5. The Kier molecular flexibility index (Phi) is 14.1. The van der Waals surface area contributed by atoms with Gasteiger partial charge in [-0.25, -0.2) is 0 Å². The minimum atomic E-state index is -0.958. The lowest BCUT2D eigenvalue weighted by Gasteiger charge is -2.45. The van der Waals surface area contributed by atoms with Crippen LogP contribution < -0.4 is 10.6 Å². The molecule has 2 fully saturated rings. The number of allylic oxidation sites excluding steroid dienone is 1. The summed E-state index contributed by atoms with van der Waals surface area (Å²) in [6.07, 6.45) is 15.2. The zero-order valence-electron chi connectivity index (χ0n) is 26.0. The lowest BCUT2D eigenvalue weighted by Crippen LogP contribution is -2.57. The van der Waals surface area contributed by atoms with Gasteiger partial charge in [0.05, 0.1) is 12.5 Å². The van der Waals surface area contributed by atoms with Crippen molar-refractivity contribution in [2.75, 3.05) is 13.2 Å². The Balaban J connectivity index is 1.90. The van der Waals surface area contributed by atoms with Crippen LogP contribution in [0.3, 0.4) is 0 Å². The van der Waals surface area contributed by atoms with Gasteiger partial charge in [-0.1, -0.05) is 84.1 Å². The second kappa shape index (κ2) is 16.5. The second-order valence-corrected chi connectivity index (χ2v) is 13.1. The van der Waals surface area contributed by atoms with Crippen LogP contribution in [0.1, 0.15) is 125 Å². The fourth-order valence-corrected chi connectivity index (χ4v) is 5.92. The Labute approximate surface area is 242 Å². The first kappa shape index (κ1) is 34.3. The molecule has 0 spiro atoms. The van der Waals surface area contributed by atoms with Crippen LogP contribution in [0.5, 0.6) is 0 Å². The van der Waals surface area contributed by atoms with E-state index in [4.69, 9.17) is 9.47 Å². The minimum Gasteiger partial charge on any atom is -0.481 e. The van der Waals surface area contributed by atoms with Gasteiger partial charge in [-0.05, 0) is 52.4 Å². The number of aliphatic carboxylic acids is 1. The molecule has 0 aromatic rings. The van der Waals surface area contributed by atoms with E-state index in [1.807, 2.05) is 20.8 Å². The molecule has 3 N–H and O–H groups in total. The Hall–Kier alpha value is -1.93. The first-order valence-corrected chi connectivity index (χ1v) is 15.7. The maximum absolute atomic E-state index is 13.1. The molecule has 2 unspecified atom stereocenters. The van der Waals surface area contributed by atoms with Crippen molar-refractivity contribution in [1.82, 2.24) is 10.6 Å². The summed E-state index contributed by atoms with van der Waals surface area (Å²) in [5.41, 5.74) is 0.512. The van der Waals surface area contributed by atoms with E-state index in [1.54, 1.807) is 19.9 Å². The average molecular weight is 565 g/mol. The highest BCUT2D eigenvalue weighted by Crippen LogP contribution is 2.35. The SMILES string of the molecule is CCCCCCCCCCC(C)=CC(=O)N[C@H]1CCCC[C@H]1C(CNC(=O)C1OC(C)(C)OCC1(C)C)C(=O)O. The molecule has 1 saturated heterocycles. The maximum Gasteiger partial charge on any atom is 0.308 e. The van der Waals surface area contributed by atoms with Crippen molar-refractivity contribution in [3.05, 3.63) is 11.6 Å². The van der Waals surface area contributed by atoms with E-state index in [0.29, 0.717) is 13.0 Å². The van der Waals surface area contributed by atoms with Gasteiger partial charge in [-0.2, -0.15) is 0 Å². The van der Waals surface area contributed by atoms with Crippen molar-refractivity contribution in [1.29, 1.82) is 0 Å². The highest BCUT2D eigenvalue weighted by molar-refractivity contribution is 5.88. The summed E-state index contributed by atoms with van der Waals surface area (Å²) in [5.74, 6) is -3.38. The van der Waals surface area contributed by atoms with Crippen molar-refractivity contribution in [3.8, 4) is 0 Å². The van der Waals surface area contributed by atoms with E-state index in [9.17, 15) is 19.5 Å². The summed E-state index contributed by atoms with van der Waals surface area (Å²) in [6.45, 7) is 11.9. The first-order valence-electron chi connectivity index (χ1n) is 15.7. The van der Waals surface area contributed by atoms with Crippen molar-refractivity contribution in [2.45, 2.75) is 143 Å². The van der Waals surface area contributed by atoms with E-state index in [1.165, 1.54) is 44.9 Å². The summed E-state index contributed by atoms with van der Waals surface area (Å²) >= 11 is 0. The Bertz CT molecular complexity index is 852. The van der Waals surface area contributed by atoms with Gasteiger partial charge in [0, 0.05) is 24.1 Å². The van der Waals surface area contributed by atoms with Crippen molar-refractivity contribution >= 4 is 17.8 Å². The normalized spacial score (nSPS) is 25.1. The molecular weight excluding hydrogens is 508 g/mol. The van der Waals surface area contributed by atoms with Crippen LogP contribution in [0, 0.1) is 17.3 Å². The number of carbonyl (C=O) groups excluding carboxylic acids is 2. The van der Waals surface area contributed by atoms with Crippen LogP contribution in [0.25, 0.3) is 0 Å². The molecule has 1 aliphatic carbocycles. The summed E-state index contributed by atoms with van der Waals surface area (Å²) < 4.78 is 11.6. The number of carbonyl (C=O) groups is 3. The lowest BCUT2D eigenvalue weighted by molar-refractivity contribution is -0.304. The highest BCUT2D eigenvalue weighted by atomic mass is 16.7. The number of carboxylic acid groups (broad SMARTS) is 1. The van der Waals surface area contributed by atoms with E-state index < -0.39 is 29.2 Å². The van der Waals surface area contributed by atoms with Crippen LogP contribution in [-0.2, 0) is 23.9 Å². The Morgan fingerprint density at radius 2 is 1.60 bits per heavy atom. The van der Waals surface area contributed by atoms with Gasteiger partial charge in [-0.15, -0.1) is 0 Å². The van der Waals surface area contributed by atoms with Crippen molar-refractivity contribution in [2.24, 2.45) is 17.3 Å². The molecule has 40 heavy (non-hydrogen) atoms. The van der Waals surface area contributed by atoms with Crippen LogP contribution in [0.4, 0.5) is 0 Å². The first-order chi connectivity index (χ1) is 18.9. The van der Waals surface area contributed by atoms with E-state index >= 15 is 0 Å². The molecule has 230 valence electrons. The van der Waals surface area contributed by atoms with Gasteiger partial charge in [0.2, 0.25) is 11.8 Å². The van der Waals surface area contributed by atoms with Gasteiger partial charge in [-0.3, -0.25) is 14.4 Å². The molecular formula is C32H56N2O6. The third-order valence-corrected chi connectivity index (χ3v) is 8.42. The fourth-order valence-electron chi connectivity index (χ4n) is 5.92. The van der Waals surface area contributed by atoms with E-state index in [2.05, 4.69) is 17.6 Å². The van der Waals surface area contributed by atoms with Gasteiger partial charge >= 0.3 is 5.97 Å². The van der Waals surface area contributed by atoms with Gasteiger partial charge in [0.15, 0.2) is 5.79 Å². The Morgan fingerprint density at radius 3 is 2.25 bits per heavy atom. The minimum absolute atomic E-state index is 0.00423. The smallest absolute Gasteiger partial charge is 0.308 e. The number of unbranched alkanes of at least 4 members (excludes halogenated alkanes) is 7. The zero-order chi connectivity index (χ0) is 29.8. The maximum atomic E-state index is 13.1. The zero-order valence-corrected chi connectivity index (χ0v) is 26.0. The summed E-state index contributed by atoms with van der Waals surface area (Å²) in [5, 5.41) is 16.1. The van der Waals surface area contributed by atoms with Crippen LogP contribution >= 0.6 is 0 Å². The monoisotopic (exact) mass is 564 g/mol. The highest BCUT2D eigenvalue weighted by Gasteiger charge is 2.46. The predicted octanol–water partition coefficient (Wildman–Crippen LogP) is 6.13. The number of rotatable bonds is 16. The molecule has 8 heteroatoms. The van der Waals surface area contributed by atoms with E-state index in [-0.39, 0.29) is 30.3 Å². The largest absolute Gasteiger partial charge is 0.481 e. The number of ether oxygens (including phenoxy) is 2. The molecule has 2 aliphatic rings. The quantitative estimate of drug-likeness (QED) is 0.153. The van der Waals surface area contributed by atoms with Crippen molar-refractivity contribution in [3.63, 3.8) is 0 Å². The predicted molar refractivity (Wildman–Crippen MR) is 158 cm³/mol. The number of hydrogen-bond donors (Lipinski definition) is 3. The number of carboxylic acids is 1. The topological polar surface area (TPSA) is 114 Å². The van der Waals surface area contributed by atoms with Gasteiger partial charge in [0.25, 0.3) is 0 Å². The molecule has 8 nitrogen and oxygen atoms in total. The molecule has 2 rings (SSSR count). The number of nitrogens with one attached hydrogen (secondary N) is 2. The fraction of sp³-hybridized carbons (Fsp3) is 0.844.